The van der Waals surface area contributed by atoms with E-state index in [0.29, 0.717) is 5.56 Å². The van der Waals surface area contributed by atoms with E-state index < -0.39 is 30.4 Å². The van der Waals surface area contributed by atoms with Gasteiger partial charge in [0.05, 0.1) is 6.04 Å². The van der Waals surface area contributed by atoms with Gasteiger partial charge in [-0.1, -0.05) is 0 Å². The van der Waals surface area contributed by atoms with Crippen LogP contribution in [0.4, 0.5) is 8.78 Å². The van der Waals surface area contributed by atoms with Crippen molar-refractivity contribution in [1.82, 2.24) is 10.3 Å². The molecule has 2 atom stereocenters. The van der Waals surface area contributed by atoms with E-state index in [9.17, 15) is 18.7 Å². The van der Waals surface area contributed by atoms with E-state index in [2.05, 4.69) is 10.3 Å². The third-order valence-corrected chi connectivity index (χ3v) is 2.86. The number of aromatic nitrogens is 1. The number of nitrogens with zero attached hydrogens (tertiary/aromatic N) is 1. The maximum absolute atomic E-state index is 13.0. The zero-order chi connectivity index (χ0) is 12.5. The van der Waals surface area contributed by atoms with E-state index in [-0.39, 0.29) is 6.42 Å². The quantitative estimate of drug-likeness (QED) is 0.812. The largest absolute Gasteiger partial charge is 0.385 e. The second kappa shape index (κ2) is 4.37. The van der Waals surface area contributed by atoms with Gasteiger partial charge in [0.25, 0.3) is 11.8 Å². The summed E-state index contributed by atoms with van der Waals surface area (Å²) in [5.74, 6) is -3.59. The maximum Gasteiger partial charge on any atom is 0.275 e. The highest BCUT2D eigenvalue weighted by molar-refractivity contribution is 5.94. The summed E-state index contributed by atoms with van der Waals surface area (Å²) in [6.07, 6.45) is 0.734. The molecule has 92 valence electrons. The van der Waals surface area contributed by atoms with Crippen molar-refractivity contribution in [3.05, 3.63) is 30.1 Å². The van der Waals surface area contributed by atoms with E-state index in [4.69, 9.17) is 0 Å². The highest BCUT2D eigenvalue weighted by Crippen LogP contribution is 2.35. The van der Waals surface area contributed by atoms with Crippen molar-refractivity contribution in [2.45, 2.75) is 30.9 Å². The molecule has 1 fully saturated rings. The maximum atomic E-state index is 13.0. The Balaban J connectivity index is 2.01. The highest BCUT2D eigenvalue weighted by atomic mass is 19.3. The van der Waals surface area contributed by atoms with Crippen molar-refractivity contribution < 1.29 is 18.7 Å². The zero-order valence-electron chi connectivity index (χ0n) is 8.94. The molecule has 1 heterocycles. The van der Waals surface area contributed by atoms with Crippen LogP contribution in [0.1, 0.15) is 23.2 Å². The molecule has 0 aliphatic heterocycles. The van der Waals surface area contributed by atoms with Crippen molar-refractivity contribution in [2.75, 3.05) is 0 Å². The molecule has 1 aliphatic rings. The van der Waals surface area contributed by atoms with Gasteiger partial charge < -0.3 is 10.4 Å². The Morgan fingerprint density at radius 2 is 2.12 bits per heavy atom. The Hall–Kier alpha value is -1.56. The van der Waals surface area contributed by atoms with Crippen molar-refractivity contribution in [2.24, 2.45) is 0 Å². The summed E-state index contributed by atoms with van der Waals surface area (Å²) in [5, 5.41) is 11.7. The number of alkyl halides is 2. The standard InChI is InChI=1S/C11H12F2N2O2/c12-11(13)4-1-8(9(11)16)15-10(17)7-2-5-14-6-3-7/h2-3,5-6,8-9,16H,1,4H2,(H,15,17)/t8-,9+/m0/s1. The molecule has 2 N–H and O–H groups in total. The van der Waals surface area contributed by atoms with Crippen LogP contribution in [0, 0.1) is 0 Å². The average molecular weight is 242 g/mol. The van der Waals surface area contributed by atoms with E-state index >= 15 is 0 Å². The van der Waals surface area contributed by atoms with Crippen LogP contribution in [0.3, 0.4) is 0 Å². The lowest BCUT2D eigenvalue weighted by Gasteiger charge is -2.19. The lowest BCUT2D eigenvalue weighted by molar-refractivity contribution is -0.0911. The molecule has 0 radical (unpaired) electrons. The molecule has 1 amide bonds. The fourth-order valence-electron chi connectivity index (χ4n) is 1.85. The molecule has 1 aromatic rings. The summed E-state index contributed by atoms with van der Waals surface area (Å²) >= 11 is 0. The number of aliphatic hydroxyl groups is 1. The van der Waals surface area contributed by atoms with Gasteiger partial charge in [0.1, 0.15) is 6.10 Å². The Morgan fingerprint density at radius 3 is 2.65 bits per heavy atom. The van der Waals surface area contributed by atoms with Crippen LogP contribution in [0.2, 0.25) is 0 Å². The Bertz CT molecular complexity index is 411. The third-order valence-electron chi connectivity index (χ3n) is 2.86. The summed E-state index contributed by atoms with van der Waals surface area (Å²) < 4.78 is 26.1. The lowest BCUT2D eigenvalue weighted by Crippen LogP contribution is -2.45. The van der Waals surface area contributed by atoms with Crippen molar-refractivity contribution in [3.8, 4) is 0 Å². The van der Waals surface area contributed by atoms with Crippen LogP contribution in [0.5, 0.6) is 0 Å². The number of halogens is 2. The topological polar surface area (TPSA) is 62.2 Å². The first-order valence-electron chi connectivity index (χ1n) is 5.27. The number of hydrogen-bond donors (Lipinski definition) is 2. The van der Waals surface area contributed by atoms with Gasteiger partial charge in [-0.15, -0.1) is 0 Å². The number of pyridine rings is 1. The fourth-order valence-corrected chi connectivity index (χ4v) is 1.85. The van der Waals surface area contributed by atoms with Crippen LogP contribution >= 0.6 is 0 Å². The predicted octanol–water partition coefficient (Wildman–Crippen LogP) is 0.970. The van der Waals surface area contributed by atoms with Gasteiger partial charge in [0.2, 0.25) is 0 Å². The minimum atomic E-state index is -3.11. The SMILES string of the molecule is O=C(N[C@H]1CCC(F)(F)[C@@H]1O)c1ccncc1. The van der Waals surface area contributed by atoms with Gasteiger partial charge in [-0.25, -0.2) is 8.78 Å². The molecule has 0 unspecified atom stereocenters. The first-order chi connectivity index (χ1) is 8.00. The van der Waals surface area contributed by atoms with Crippen molar-refractivity contribution in [1.29, 1.82) is 0 Å². The molecular formula is C11H12F2N2O2. The monoisotopic (exact) mass is 242 g/mol. The van der Waals surface area contributed by atoms with Gasteiger partial charge in [-0.2, -0.15) is 0 Å². The van der Waals surface area contributed by atoms with Crippen LogP contribution in [-0.4, -0.2) is 34.1 Å². The minimum Gasteiger partial charge on any atom is -0.385 e. The number of nitrogens with one attached hydrogen (secondary N) is 1. The summed E-state index contributed by atoms with van der Waals surface area (Å²) in [5.41, 5.74) is 0.336. The van der Waals surface area contributed by atoms with Crippen LogP contribution < -0.4 is 5.32 Å². The smallest absolute Gasteiger partial charge is 0.275 e. The Labute approximate surface area is 96.7 Å². The minimum absolute atomic E-state index is 0.0744. The highest BCUT2D eigenvalue weighted by Gasteiger charge is 2.49. The number of aliphatic hydroxyl groups excluding tert-OH is 1. The molecule has 1 aromatic heterocycles. The number of hydrogen-bond acceptors (Lipinski definition) is 3. The second-order valence-corrected chi connectivity index (χ2v) is 4.06. The van der Waals surface area contributed by atoms with Crippen LogP contribution in [0.25, 0.3) is 0 Å². The fraction of sp³-hybridized carbons (Fsp3) is 0.455. The van der Waals surface area contributed by atoms with E-state index in [1.165, 1.54) is 24.5 Å². The molecule has 0 bridgehead atoms. The molecule has 0 aromatic carbocycles. The van der Waals surface area contributed by atoms with Crippen LogP contribution in [-0.2, 0) is 0 Å². The van der Waals surface area contributed by atoms with Gasteiger partial charge in [0.15, 0.2) is 0 Å². The zero-order valence-corrected chi connectivity index (χ0v) is 8.94. The van der Waals surface area contributed by atoms with Crippen LogP contribution in [0.15, 0.2) is 24.5 Å². The molecular weight excluding hydrogens is 230 g/mol. The van der Waals surface area contributed by atoms with Gasteiger partial charge in [-0.05, 0) is 18.6 Å². The summed E-state index contributed by atoms with van der Waals surface area (Å²) in [7, 11) is 0. The van der Waals surface area contributed by atoms with E-state index in [1.807, 2.05) is 0 Å². The van der Waals surface area contributed by atoms with Gasteiger partial charge in [0, 0.05) is 24.4 Å². The van der Waals surface area contributed by atoms with E-state index in [0.717, 1.165) is 0 Å². The van der Waals surface area contributed by atoms with Gasteiger partial charge >= 0.3 is 0 Å². The molecule has 1 saturated carbocycles. The molecule has 17 heavy (non-hydrogen) atoms. The summed E-state index contributed by atoms with van der Waals surface area (Å²) in [6, 6.07) is 2.06. The molecule has 1 aliphatic carbocycles. The number of carbonyl (C=O) groups excluding carboxylic acids is 1. The first kappa shape index (κ1) is 11.9. The van der Waals surface area contributed by atoms with Gasteiger partial charge in [-0.3, -0.25) is 9.78 Å². The molecule has 2 rings (SSSR count). The normalized spacial score (nSPS) is 26.8. The predicted molar refractivity (Wildman–Crippen MR) is 55.7 cm³/mol. The Kier molecular flexibility index (Phi) is 3.06. The third kappa shape index (κ3) is 2.41. The number of carbonyl (C=O) groups is 1. The lowest BCUT2D eigenvalue weighted by atomic mass is 10.1. The number of amides is 1. The Morgan fingerprint density at radius 1 is 1.47 bits per heavy atom. The van der Waals surface area contributed by atoms with E-state index in [1.54, 1.807) is 0 Å². The molecule has 4 nitrogen and oxygen atoms in total. The van der Waals surface area contributed by atoms with Crippen molar-refractivity contribution >= 4 is 5.91 Å². The molecule has 6 heteroatoms. The first-order valence-corrected chi connectivity index (χ1v) is 5.27. The number of rotatable bonds is 2. The molecule has 0 saturated heterocycles. The summed E-state index contributed by atoms with van der Waals surface area (Å²) in [4.78, 5) is 15.4. The molecule has 0 spiro atoms. The average Bonchev–Trinajstić information content (AvgIpc) is 2.57. The summed E-state index contributed by atoms with van der Waals surface area (Å²) in [6.45, 7) is 0. The second-order valence-electron chi connectivity index (χ2n) is 4.06. The van der Waals surface area contributed by atoms with Crippen molar-refractivity contribution in [3.63, 3.8) is 0 Å².